The summed E-state index contributed by atoms with van der Waals surface area (Å²) >= 11 is 1.16. The number of aromatic nitrogens is 3. The predicted molar refractivity (Wildman–Crippen MR) is 117 cm³/mol. The lowest BCUT2D eigenvalue weighted by Crippen LogP contribution is -2.14. The highest BCUT2D eigenvalue weighted by molar-refractivity contribution is 7.99. The highest BCUT2D eigenvalue weighted by atomic mass is 32.2. The molecule has 0 aliphatic carbocycles. The van der Waals surface area contributed by atoms with Crippen molar-refractivity contribution in [2.24, 2.45) is 0 Å². The first-order valence-corrected chi connectivity index (χ1v) is 12.3. The summed E-state index contributed by atoms with van der Waals surface area (Å²) < 4.78 is 37.6. The van der Waals surface area contributed by atoms with E-state index < -0.39 is 15.8 Å². The van der Waals surface area contributed by atoms with Crippen molar-refractivity contribution in [3.05, 3.63) is 66.5 Å². The van der Waals surface area contributed by atoms with E-state index in [0.717, 1.165) is 11.8 Å². The number of sulfone groups is 1. The maximum atomic E-state index is 12.6. The van der Waals surface area contributed by atoms with E-state index in [0.29, 0.717) is 23.3 Å². The Kier molecular flexibility index (Phi) is 8.07. The third-order valence-electron chi connectivity index (χ3n) is 4.21. The molecule has 0 unspecified atom stereocenters. The molecule has 164 valence electrons. The Morgan fingerprint density at radius 3 is 2.35 bits per heavy atom. The number of nitrogens with zero attached hydrogens (tertiary/aromatic N) is 3. The van der Waals surface area contributed by atoms with Gasteiger partial charge in [-0.3, -0.25) is 4.79 Å². The fourth-order valence-electron chi connectivity index (χ4n) is 2.73. The van der Waals surface area contributed by atoms with Gasteiger partial charge in [0, 0.05) is 6.54 Å². The normalized spacial score (nSPS) is 11.3. The zero-order valence-corrected chi connectivity index (χ0v) is 18.6. The Balaban J connectivity index is 1.50. The third-order valence-corrected chi connectivity index (χ3v) is 6.78. The van der Waals surface area contributed by atoms with Crippen molar-refractivity contribution in [1.29, 1.82) is 0 Å². The van der Waals surface area contributed by atoms with Crippen molar-refractivity contribution in [1.82, 2.24) is 14.8 Å². The SMILES string of the molecule is CCn1c(CS(=O)(=O)c2ccccc2)nnc1SCC(=O)OCCOc1ccccc1. The van der Waals surface area contributed by atoms with Crippen LogP contribution in [0.15, 0.2) is 70.7 Å². The van der Waals surface area contributed by atoms with Crippen LogP contribution in [0.4, 0.5) is 0 Å². The number of carbonyl (C=O) groups is 1. The van der Waals surface area contributed by atoms with E-state index in [1.165, 1.54) is 0 Å². The zero-order chi connectivity index (χ0) is 22.1. The number of benzene rings is 2. The van der Waals surface area contributed by atoms with Crippen LogP contribution in [0.25, 0.3) is 0 Å². The van der Waals surface area contributed by atoms with E-state index in [2.05, 4.69) is 10.2 Å². The van der Waals surface area contributed by atoms with Gasteiger partial charge in [0.15, 0.2) is 15.0 Å². The molecule has 1 heterocycles. The van der Waals surface area contributed by atoms with E-state index in [1.807, 2.05) is 37.3 Å². The van der Waals surface area contributed by atoms with Crippen LogP contribution >= 0.6 is 11.8 Å². The average Bonchev–Trinajstić information content (AvgIpc) is 3.17. The fraction of sp³-hybridized carbons (Fsp3) is 0.286. The van der Waals surface area contributed by atoms with Gasteiger partial charge in [0.1, 0.15) is 30.5 Å². The van der Waals surface area contributed by atoms with Gasteiger partial charge in [0.05, 0.1) is 10.6 Å². The summed E-state index contributed by atoms with van der Waals surface area (Å²) in [4.78, 5) is 12.2. The molecule has 3 aromatic rings. The lowest BCUT2D eigenvalue weighted by molar-refractivity contribution is -0.141. The number of para-hydroxylation sites is 1. The molecule has 0 spiro atoms. The first-order valence-electron chi connectivity index (χ1n) is 9.65. The van der Waals surface area contributed by atoms with Crippen molar-refractivity contribution in [3.63, 3.8) is 0 Å². The molecule has 0 aliphatic heterocycles. The number of thioether (sulfide) groups is 1. The molecule has 0 saturated carbocycles. The first kappa shape index (κ1) is 22.8. The smallest absolute Gasteiger partial charge is 0.316 e. The summed E-state index contributed by atoms with van der Waals surface area (Å²) in [6.07, 6.45) is 0. The Labute approximate surface area is 185 Å². The van der Waals surface area contributed by atoms with E-state index in [9.17, 15) is 13.2 Å². The molecule has 0 fully saturated rings. The largest absolute Gasteiger partial charge is 0.490 e. The molecule has 0 amide bonds. The van der Waals surface area contributed by atoms with Crippen molar-refractivity contribution >= 4 is 27.6 Å². The molecule has 8 nitrogen and oxygen atoms in total. The van der Waals surface area contributed by atoms with E-state index in [4.69, 9.17) is 9.47 Å². The second kappa shape index (κ2) is 11.0. The minimum Gasteiger partial charge on any atom is -0.490 e. The van der Waals surface area contributed by atoms with Crippen molar-refractivity contribution in [2.75, 3.05) is 19.0 Å². The predicted octanol–water partition coefficient (Wildman–Crippen LogP) is 2.99. The van der Waals surface area contributed by atoms with Crippen molar-refractivity contribution < 1.29 is 22.7 Å². The van der Waals surface area contributed by atoms with Crippen LogP contribution in [0.3, 0.4) is 0 Å². The van der Waals surface area contributed by atoms with Crippen LogP contribution in [0.1, 0.15) is 12.7 Å². The Morgan fingerprint density at radius 1 is 1.00 bits per heavy atom. The van der Waals surface area contributed by atoms with Gasteiger partial charge < -0.3 is 14.0 Å². The number of rotatable bonds is 11. The van der Waals surface area contributed by atoms with Crippen LogP contribution in [0.5, 0.6) is 5.75 Å². The standard InChI is InChI=1S/C21H23N3O5S2/c1-2-24-19(16-31(26,27)18-11-7-4-8-12-18)22-23-21(24)30-15-20(25)29-14-13-28-17-9-5-3-6-10-17/h3-12H,2,13-16H2,1H3. The topological polar surface area (TPSA) is 100 Å². The van der Waals surface area contributed by atoms with Gasteiger partial charge in [0.2, 0.25) is 0 Å². The molecule has 0 N–H and O–H groups in total. The first-order chi connectivity index (χ1) is 15.0. The lowest BCUT2D eigenvalue weighted by atomic mass is 10.3. The average molecular weight is 462 g/mol. The number of hydrogen-bond acceptors (Lipinski definition) is 8. The molecule has 0 aliphatic rings. The summed E-state index contributed by atoms with van der Waals surface area (Å²) in [5, 5.41) is 8.55. The maximum absolute atomic E-state index is 12.6. The summed E-state index contributed by atoms with van der Waals surface area (Å²) in [6.45, 7) is 2.74. The zero-order valence-electron chi connectivity index (χ0n) is 17.0. The van der Waals surface area contributed by atoms with E-state index >= 15 is 0 Å². The molecule has 0 atom stereocenters. The Hall–Kier alpha value is -2.85. The Morgan fingerprint density at radius 2 is 1.68 bits per heavy atom. The van der Waals surface area contributed by atoms with Gasteiger partial charge in [-0.15, -0.1) is 10.2 Å². The summed E-state index contributed by atoms with van der Waals surface area (Å²) in [6, 6.07) is 17.5. The van der Waals surface area contributed by atoms with E-state index in [-0.39, 0.29) is 29.6 Å². The fourth-order valence-corrected chi connectivity index (χ4v) is 4.84. The van der Waals surface area contributed by atoms with Crippen LogP contribution in [0.2, 0.25) is 0 Å². The number of carbonyl (C=O) groups excluding carboxylic acids is 1. The van der Waals surface area contributed by atoms with Gasteiger partial charge >= 0.3 is 5.97 Å². The monoisotopic (exact) mass is 461 g/mol. The van der Waals surface area contributed by atoms with Gasteiger partial charge in [0.25, 0.3) is 0 Å². The van der Waals surface area contributed by atoms with Gasteiger partial charge in [-0.1, -0.05) is 48.2 Å². The van der Waals surface area contributed by atoms with Gasteiger partial charge in [-0.25, -0.2) is 8.42 Å². The quantitative estimate of drug-likeness (QED) is 0.244. The number of ether oxygens (including phenoxy) is 2. The molecule has 3 rings (SSSR count). The molecular weight excluding hydrogens is 438 g/mol. The van der Waals surface area contributed by atoms with E-state index in [1.54, 1.807) is 34.9 Å². The molecule has 10 heteroatoms. The summed E-state index contributed by atoms with van der Waals surface area (Å²) in [5.41, 5.74) is 0. The molecule has 1 aromatic heterocycles. The molecule has 0 radical (unpaired) electrons. The molecule has 31 heavy (non-hydrogen) atoms. The second-order valence-electron chi connectivity index (χ2n) is 6.39. The molecule has 0 bridgehead atoms. The molecular formula is C21H23N3O5S2. The molecule has 2 aromatic carbocycles. The highest BCUT2D eigenvalue weighted by Gasteiger charge is 2.21. The summed E-state index contributed by atoms with van der Waals surface area (Å²) in [5.74, 6) is 0.403. The highest BCUT2D eigenvalue weighted by Crippen LogP contribution is 2.21. The van der Waals surface area contributed by atoms with Crippen LogP contribution < -0.4 is 4.74 Å². The molecule has 0 saturated heterocycles. The Bertz CT molecular complexity index is 1090. The van der Waals surface area contributed by atoms with Gasteiger partial charge in [-0.05, 0) is 31.2 Å². The van der Waals surface area contributed by atoms with Crippen LogP contribution in [-0.4, -0.2) is 48.1 Å². The summed E-state index contributed by atoms with van der Waals surface area (Å²) in [7, 11) is -3.54. The maximum Gasteiger partial charge on any atom is 0.316 e. The van der Waals surface area contributed by atoms with Crippen LogP contribution in [-0.2, 0) is 31.7 Å². The lowest BCUT2D eigenvalue weighted by Gasteiger charge is -2.09. The van der Waals surface area contributed by atoms with Crippen molar-refractivity contribution in [2.45, 2.75) is 29.3 Å². The second-order valence-corrected chi connectivity index (χ2v) is 9.32. The number of esters is 1. The van der Waals surface area contributed by atoms with Gasteiger partial charge in [-0.2, -0.15) is 0 Å². The third kappa shape index (κ3) is 6.56. The van der Waals surface area contributed by atoms with Crippen molar-refractivity contribution in [3.8, 4) is 5.75 Å². The van der Waals surface area contributed by atoms with Crippen LogP contribution in [0, 0.1) is 0 Å². The minimum absolute atomic E-state index is 0.0366. The minimum atomic E-state index is -3.54. The number of hydrogen-bond donors (Lipinski definition) is 0.